The average molecular weight is 493 g/mol. The second-order valence-electron chi connectivity index (χ2n) is 7.25. The predicted molar refractivity (Wildman–Crippen MR) is 113 cm³/mol. The summed E-state index contributed by atoms with van der Waals surface area (Å²) in [7, 11) is -4.99. The number of nitrogens with two attached hydrogens (primary N) is 2. The first-order chi connectivity index (χ1) is 15.0. The van der Waals surface area contributed by atoms with E-state index in [4.69, 9.17) is 38.7 Å². The fourth-order valence-corrected chi connectivity index (χ4v) is 5.49. The van der Waals surface area contributed by atoms with Gasteiger partial charge in [0.1, 0.15) is 47.3 Å². The monoisotopic (exact) mass is 492 g/mol. The van der Waals surface area contributed by atoms with Crippen LogP contribution in [0.25, 0.3) is 11.2 Å². The van der Waals surface area contributed by atoms with E-state index < -0.39 is 34.9 Å². The van der Waals surface area contributed by atoms with Gasteiger partial charge < -0.3 is 25.2 Å². The number of hydrogen-bond donors (Lipinski definition) is 5. The van der Waals surface area contributed by atoms with Gasteiger partial charge in [0.15, 0.2) is 17.7 Å². The molecule has 1 aliphatic carbocycles. The van der Waals surface area contributed by atoms with Gasteiger partial charge in [-0.05, 0) is 17.0 Å². The van der Waals surface area contributed by atoms with Crippen molar-refractivity contribution in [2.24, 2.45) is 5.90 Å². The molecule has 1 aliphatic heterocycles. The zero-order valence-electron chi connectivity index (χ0n) is 16.8. The van der Waals surface area contributed by atoms with Crippen molar-refractivity contribution in [3.63, 3.8) is 0 Å². The molecule has 3 heterocycles. The van der Waals surface area contributed by atoms with Crippen molar-refractivity contribution in [2.75, 3.05) is 17.7 Å². The first-order valence-corrected chi connectivity index (χ1v) is 12.5. The zero-order valence-corrected chi connectivity index (χ0v) is 18.5. The number of nitrogen functional groups attached to an aromatic ring is 1. The zero-order chi connectivity index (χ0) is 23.6. The molecule has 16 heteroatoms. The van der Waals surface area contributed by atoms with E-state index in [2.05, 4.69) is 27.3 Å². The van der Waals surface area contributed by atoms with Crippen molar-refractivity contribution in [1.29, 1.82) is 0 Å². The van der Waals surface area contributed by atoms with Gasteiger partial charge in [-0.3, -0.25) is 14.0 Å². The van der Waals surface area contributed by atoms with Crippen LogP contribution in [0.3, 0.4) is 0 Å². The Labute approximate surface area is 186 Å². The highest BCUT2D eigenvalue weighted by atomic mass is 32.3. The Morgan fingerprint density at radius 1 is 1.31 bits per heavy atom. The summed E-state index contributed by atoms with van der Waals surface area (Å²) in [6, 6.07) is 0. The summed E-state index contributed by atoms with van der Waals surface area (Å²) in [6.07, 6.45) is 6.34. The Balaban J connectivity index is 0.000000523. The van der Waals surface area contributed by atoms with Gasteiger partial charge in [-0.25, -0.2) is 29.3 Å². The lowest BCUT2D eigenvalue weighted by atomic mass is 10.1. The van der Waals surface area contributed by atoms with Crippen LogP contribution in [0.15, 0.2) is 24.8 Å². The smallest absolute Gasteiger partial charge is 0.215 e. The van der Waals surface area contributed by atoms with Gasteiger partial charge in [0, 0.05) is 6.42 Å². The number of aromatic nitrogens is 4. The molecule has 178 valence electrons. The molecular weight excluding hydrogens is 468 g/mol. The summed E-state index contributed by atoms with van der Waals surface area (Å²) >= 11 is 0. The van der Waals surface area contributed by atoms with Gasteiger partial charge in [-0.15, -0.1) is 0 Å². The SMILES string of the molecule is C[S+](C[C@H]1O[C@@H](n2cnc3c(N)ncnc32)[C@H](O)[C@@H]1O)[C@H]1C=C[C@H](ON)C1.O=S(=O)([O-])O. The minimum Gasteiger partial charge on any atom is -0.726 e. The Hall–Kier alpha value is -1.89. The van der Waals surface area contributed by atoms with Crippen molar-refractivity contribution < 1.29 is 37.3 Å². The maximum Gasteiger partial charge on any atom is 0.215 e. The maximum absolute atomic E-state index is 10.5. The average Bonchev–Trinajstić information content (AvgIpc) is 3.41. The molecule has 0 spiro atoms. The van der Waals surface area contributed by atoms with Gasteiger partial charge in [-0.2, -0.15) is 0 Å². The number of rotatable bonds is 5. The molecule has 0 bridgehead atoms. The van der Waals surface area contributed by atoms with E-state index in [0.29, 0.717) is 22.2 Å². The summed E-state index contributed by atoms with van der Waals surface area (Å²) in [5.41, 5.74) is 6.70. The summed E-state index contributed by atoms with van der Waals surface area (Å²) in [6.45, 7) is 0. The lowest BCUT2D eigenvalue weighted by molar-refractivity contribution is -0.0290. The molecule has 7 atom stereocenters. The molecule has 1 unspecified atom stereocenters. The molecule has 1 saturated heterocycles. The van der Waals surface area contributed by atoms with E-state index in [-0.39, 0.29) is 22.8 Å². The summed E-state index contributed by atoms with van der Waals surface area (Å²) < 4.78 is 40.4. The normalized spacial score (nSPS) is 30.9. The third kappa shape index (κ3) is 5.72. The molecule has 4 rings (SSSR count). The van der Waals surface area contributed by atoms with Crippen LogP contribution in [0.1, 0.15) is 12.6 Å². The van der Waals surface area contributed by atoms with Crippen molar-refractivity contribution >= 4 is 38.3 Å². The van der Waals surface area contributed by atoms with E-state index in [0.717, 1.165) is 6.42 Å². The van der Waals surface area contributed by atoms with Gasteiger partial charge in [0.25, 0.3) is 0 Å². The first-order valence-electron chi connectivity index (χ1n) is 9.27. The lowest BCUT2D eigenvalue weighted by Crippen LogP contribution is -2.37. The summed E-state index contributed by atoms with van der Waals surface area (Å²) in [5.74, 6) is 6.12. The fourth-order valence-electron chi connectivity index (χ4n) is 3.57. The molecule has 2 aromatic heterocycles. The molecule has 0 saturated carbocycles. The van der Waals surface area contributed by atoms with Crippen LogP contribution in [0.5, 0.6) is 0 Å². The second kappa shape index (κ2) is 9.94. The minimum absolute atomic E-state index is 0.0693. The van der Waals surface area contributed by atoms with Gasteiger partial charge in [0.2, 0.25) is 10.4 Å². The molecular formula is C16H24N6O8S2. The molecule has 0 amide bonds. The highest BCUT2D eigenvalue weighted by Crippen LogP contribution is 2.33. The Morgan fingerprint density at radius 2 is 2.00 bits per heavy atom. The molecule has 1 fully saturated rings. The standard InChI is InChI=1S/C16H23N6O4S.H2O4S/c1-27(9-3-2-8(4-9)26-18)5-10-12(23)13(24)16(25-10)22-7-21-11-14(17)19-6-20-15(11)22;1-5(2,3)4/h2-3,6-10,12-13,16,23-24H,4-5,18H2,1H3,(H2,17,19,20);(H2,1,2,3,4)/q+1;/p-1/t8-,9-,10+,12+,13+,16+,27?;/m0./s1. The van der Waals surface area contributed by atoms with E-state index in [1.54, 1.807) is 4.57 Å². The minimum atomic E-state index is -4.92. The Bertz CT molecular complexity index is 1060. The summed E-state index contributed by atoms with van der Waals surface area (Å²) in [4.78, 5) is 17.2. The van der Waals surface area contributed by atoms with E-state index >= 15 is 0 Å². The van der Waals surface area contributed by atoms with Gasteiger partial charge in [0.05, 0.1) is 12.6 Å². The van der Waals surface area contributed by atoms with Crippen LogP contribution in [0.4, 0.5) is 5.82 Å². The van der Waals surface area contributed by atoms with Crippen LogP contribution < -0.4 is 11.6 Å². The molecule has 2 aliphatic rings. The third-order valence-corrected chi connectivity index (χ3v) is 7.36. The molecule has 0 radical (unpaired) electrons. The molecule has 0 aromatic carbocycles. The highest BCUT2D eigenvalue weighted by Gasteiger charge is 2.47. The van der Waals surface area contributed by atoms with Crippen molar-refractivity contribution in [1.82, 2.24) is 19.5 Å². The molecule has 2 aromatic rings. The van der Waals surface area contributed by atoms with Gasteiger partial charge >= 0.3 is 0 Å². The number of aliphatic hydroxyl groups is 2. The Kier molecular flexibility index (Phi) is 7.69. The van der Waals surface area contributed by atoms with Crippen molar-refractivity contribution in [3.05, 3.63) is 24.8 Å². The van der Waals surface area contributed by atoms with Crippen LogP contribution in [-0.4, -0.2) is 88.9 Å². The molecule has 7 N–H and O–H groups in total. The number of ether oxygens (including phenoxy) is 1. The van der Waals surface area contributed by atoms with E-state index in [1.807, 2.05) is 6.08 Å². The largest absolute Gasteiger partial charge is 0.726 e. The number of fused-ring (bicyclic) bond motifs is 1. The first kappa shape index (κ1) is 24.7. The van der Waals surface area contributed by atoms with Crippen LogP contribution >= 0.6 is 0 Å². The van der Waals surface area contributed by atoms with Crippen LogP contribution in [0.2, 0.25) is 0 Å². The maximum atomic E-state index is 10.5. The second-order valence-corrected chi connectivity index (χ2v) is 10.4. The third-order valence-electron chi connectivity index (χ3n) is 5.12. The van der Waals surface area contributed by atoms with Crippen molar-refractivity contribution in [3.8, 4) is 0 Å². The van der Waals surface area contributed by atoms with Crippen LogP contribution in [0, 0.1) is 0 Å². The number of aliphatic hydroxyl groups excluding tert-OH is 2. The van der Waals surface area contributed by atoms with E-state index in [1.165, 1.54) is 12.7 Å². The summed E-state index contributed by atoms with van der Waals surface area (Å²) in [5, 5.41) is 21.4. The number of nitrogens with zero attached hydrogens (tertiary/aromatic N) is 4. The van der Waals surface area contributed by atoms with Crippen LogP contribution in [-0.2, 0) is 30.9 Å². The lowest BCUT2D eigenvalue weighted by Gasteiger charge is -2.17. The fraction of sp³-hybridized carbons (Fsp3) is 0.562. The van der Waals surface area contributed by atoms with Gasteiger partial charge in [-0.1, -0.05) is 6.08 Å². The number of anilines is 1. The highest BCUT2D eigenvalue weighted by molar-refractivity contribution is 7.97. The number of imidazole rings is 1. The van der Waals surface area contributed by atoms with Crippen molar-refractivity contribution in [2.45, 2.75) is 42.3 Å². The predicted octanol–water partition coefficient (Wildman–Crippen LogP) is -2.13. The molecule has 32 heavy (non-hydrogen) atoms. The molecule has 14 nitrogen and oxygen atoms in total. The van der Waals surface area contributed by atoms with E-state index in [9.17, 15) is 10.2 Å². The Morgan fingerprint density at radius 3 is 2.62 bits per heavy atom. The topological polar surface area (TPSA) is 232 Å². The quantitative estimate of drug-likeness (QED) is 0.0987. The number of hydrogen-bond acceptors (Lipinski definition) is 12.